The zero-order valence-electron chi connectivity index (χ0n) is 12.8. The van der Waals surface area contributed by atoms with Crippen LogP contribution >= 0.6 is 11.8 Å². The highest BCUT2D eigenvalue weighted by molar-refractivity contribution is 8.00. The summed E-state index contributed by atoms with van der Waals surface area (Å²) in [4.78, 5) is 2.54. The van der Waals surface area contributed by atoms with Crippen LogP contribution in [-0.2, 0) is 12.6 Å². The maximum atomic E-state index is 12.6. The minimum Gasteiger partial charge on any atom is -0.302 e. The highest BCUT2D eigenvalue weighted by Gasteiger charge is 2.43. The molecule has 0 aliphatic carbocycles. The van der Waals surface area contributed by atoms with Gasteiger partial charge in [0.2, 0.25) is 0 Å². The first-order valence-electron chi connectivity index (χ1n) is 7.83. The highest BCUT2D eigenvalue weighted by Crippen LogP contribution is 2.45. The van der Waals surface area contributed by atoms with Gasteiger partial charge < -0.3 is 4.90 Å². The maximum absolute atomic E-state index is 12.6. The molecule has 2 saturated heterocycles. The van der Waals surface area contributed by atoms with Gasteiger partial charge in [0.15, 0.2) is 0 Å². The van der Waals surface area contributed by atoms with Gasteiger partial charge in [0.1, 0.15) is 0 Å². The SMILES string of the molecule is CC(Cc1ccc(C(F)(F)F)cc1)CN1CCC2(CSC2)C1. The largest absolute Gasteiger partial charge is 0.416 e. The first-order chi connectivity index (χ1) is 10.4. The summed E-state index contributed by atoms with van der Waals surface area (Å²) in [6, 6.07) is 5.62. The fourth-order valence-electron chi connectivity index (χ4n) is 3.55. The zero-order chi connectivity index (χ0) is 15.8. The molecular weight excluding hydrogens is 307 g/mol. The van der Waals surface area contributed by atoms with Gasteiger partial charge in [0.25, 0.3) is 0 Å². The van der Waals surface area contributed by atoms with E-state index in [0.29, 0.717) is 11.3 Å². The van der Waals surface area contributed by atoms with E-state index in [2.05, 4.69) is 11.8 Å². The van der Waals surface area contributed by atoms with Crippen LogP contribution in [0.4, 0.5) is 13.2 Å². The summed E-state index contributed by atoms with van der Waals surface area (Å²) < 4.78 is 37.7. The predicted octanol–water partition coefficient (Wildman–Crippen LogP) is 4.32. The molecule has 0 aromatic heterocycles. The van der Waals surface area contributed by atoms with Crippen LogP contribution in [0.1, 0.15) is 24.5 Å². The van der Waals surface area contributed by atoms with Crippen molar-refractivity contribution in [3.63, 3.8) is 0 Å². The fraction of sp³-hybridized carbons (Fsp3) is 0.647. The van der Waals surface area contributed by atoms with Gasteiger partial charge in [0, 0.05) is 30.0 Å². The molecule has 0 amide bonds. The molecule has 1 aromatic carbocycles. The lowest BCUT2D eigenvalue weighted by molar-refractivity contribution is -0.137. The normalized spacial score (nSPS) is 22.7. The molecule has 22 heavy (non-hydrogen) atoms. The molecule has 3 rings (SSSR count). The van der Waals surface area contributed by atoms with Crippen LogP contribution in [0, 0.1) is 11.3 Å². The van der Waals surface area contributed by atoms with Crippen LogP contribution in [0.15, 0.2) is 24.3 Å². The molecular formula is C17H22F3NS. The van der Waals surface area contributed by atoms with Gasteiger partial charge in [-0.2, -0.15) is 24.9 Å². The monoisotopic (exact) mass is 329 g/mol. The lowest BCUT2D eigenvalue weighted by atomic mass is 9.91. The lowest BCUT2D eigenvalue weighted by Crippen LogP contribution is -2.39. The van der Waals surface area contributed by atoms with Gasteiger partial charge in [-0.1, -0.05) is 19.1 Å². The van der Waals surface area contributed by atoms with Gasteiger partial charge in [-0.25, -0.2) is 0 Å². The van der Waals surface area contributed by atoms with Crippen molar-refractivity contribution < 1.29 is 13.2 Å². The van der Waals surface area contributed by atoms with E-state index >= 15 is 0 Å². The Kier molecular flexibility index (Phi) is 4.47. The molecule has 1 nitrogen and oxygen atoms in total. The number of thioether (sulfide) groups is 1. The van der Waals surface area contributed by atoms with Crippen molar-refractivity contribution in [1.29, 1.82) is 0 Å². The smallest absolute Gasteiger partial charge is 0.302 e. The summed E-state index contributed by atoms with van der Waals surface area (Å²) in [7, 11) is 0. The number of rotatable bonds is 4. The third kappa shape index (κ3) is 3.62. The van der Waals surface area contributed by atoms with Crippen molar-refractivity contribution in [3.05, 3.63) is 35.4 Å². The number of nitrogens with zero attached hydrogens (tertiary/aromatic N) is 1. The molecule has 1 aromatic rings. The Balaban J connectivity index is 1.50. The van der Waals surface area contributed by atoms with Gasteiger partial charge in [0.05, 0.1) is 5.56 Å². The Morgan fingerprint density at radius 2 is 1.91 bits per heavy atom. The third-order valence-electron chi connectivity index (χ3n) is 4.77. The molecule has 2 aliphatic rings. The summed E-state index contributed by atoms with van der Waals surface area (Å²) >= 11 is 2.04. The molecule has 0 N–H and O–H groups in total. The first kappa shape index (κ1) is 16.2. The summed E-state index contributed by atoms with van der Waals surface area (Å²) in [5.74, 6) is 3.08. The second-order valence-electron chi connectivity index (χ2n) is 6.98. The van der Waals surface area contributed by atoms with Crippen LogP contribution in [0.5, 0.6) is 0 Å². The van der Waals surface area contributed by atoms with E-state index in [9.17, 15) is 13.2 Å². The Hall–Kier alpha value is -0.680. The standard InChI is InChI=1S/C17H22F3NS/c1-13(9-21-7-6-16(10-21)11-22-12-16)8-14-2-4-15(5-3-14)17(18,19)20/h2-5,13H,6-12H2,1H3. The summed E-state index contributed by atoms with van der Waals surface area (Å²) in [5.41, 5.74) is 1.01. The molecule has 122 valence electrons. The first-order valence-corrected chi connectivity index (χ1v) is 8.98. The number of halogens is 3. The van der Waals surface area contributed by atoms with E-state index in [-0.39, 0.29) is 0 Å². The summed E-state index contributed by atoms with van der Waals surface area (Å²) in [5, 5.41) is 0. The topological polar surface area (TPSA) is 3.24 Å². The molecule has 2 aliphatic heterocycles. The van der Waals surface area contributed by atoms with Gasteiger partial charge in [-0.05, 0) is 43.0 Å². The van der Waals surface area contributed by atoms with Gasteiger partial charge >= 0.3 is 6.18 Å². The van der Waals surface area contributed by atoms with Crippen LogP contribution in [0.2, 0.25) is 0 Å². The molecule has 0 saturated carbocycles. The number of likely N-dealkylation sites (tertiary alicyclic amines) is 1. The summed E-state index contributed by atoms with van der Waals surface area (Å²) in [6.45, 7) is 5.63. The van der Waals surface area contributed by atoms with Crippen molar-refractivity contribution in [2.75, 3.05) is 31.1 Å². The average molecular weight is 329 g/mol. The quantitative estimate of drug-likeness (QED) is 0.809. The maximum Gasteiger partial charge on any atom is 0.416 e. The second-order valence-corrected chi connectivity index (χ2v) is 7.97. The van der Waals surface area contributed by atoms with Crippen molar-refractivity contribution in [3.8, 4) is 0 Å². The van der Waals surface area contributed by atoms with E-state index in [1.165, 1.54) is 43.1 Å². The number of alkyl halides is 3. The molecule has 1 atom stereocenters. The fourth-order valence-corrected chi connectivity index (χ4v) is 4.80. The molecule has 1 spiro atoms. The third-order valence-corrected chi connectivity index (χ3v) is 6.40. The zero-order valence-corrected chi connectivity index (χ0v) is 13.6. The van der Waals surface area contributed by atoms with Crippen molar-refractivity contribution in [1.82, 2.24) is 4.90 Å². The van der Waals surface area contributed by atoms with Gasteiger partial charge in [-0.3, -0.25) is 0 Å². The molecule has 5 heteroatoms. The molecule has 2 heterocycles. The highest BCUT2D eigenvalue weighted by atomic mass is 32.2. The van der Waals surface area contributed by atoms with E-state index in [1.807, 2.05) is 11.8 Å². The van der Waals surface area contributed by atoms with E-state index in [0.717, 1.165) is 18.5 Å². The Morgan fingerprint density at radius 1 is 1.23 bits per heavy atom. The Bertz CT molecular complexity index is 508. The van der Waals surface area contributed by atoms with E-state index < -0.39 is 11.7 Å². The molecule has 1 unspecified atom stereocenters. The van der Waals surface area contributed by atoms with E-state index in [1.54, 1.807) is 12.1 Å². The molecule has 0 radical (unpaired) electrons. The number of hydrogen-bond donors (Lipinski definition) is 0. The predicted molar refractivity (Wildman–Crippen MR) is 85.1 cm³/mol. The number of benzene rings is 1. The van der Waals surface area contributed by atoms with Crippen LogP contribution in [0.25, 0.3) is 0 Å². The van der Waals surface area contributed by atoms with Crippen LogP contribution in [0.3, 0.4) is 0 Å². The van der Waals surface area contributed by atoms with Gasteiger partial charge in [-0.15, -0.1) is 0 Å². The van der Waals surface area contributed by atoms with Crippen molar-refractivity contribution >= 4 is 11.8 Å². The lowest BCUT2D eigenvalue weighted by Gasteiger charge is -2.37. The Morgan fingerprint density at radius 3 is 2.41 bits per heavy atom. The number of hydrogen-bond acceptors (Lipinski definition) is 2. The molecule has 0 bridgehead atoms. The average Bonchev–Trinajstić information content (AvgIpc) is 2.82. The molecule has 2 fully saturated rings. The van der Waals surface area contributed by atoms with Crippen molar-refractivity contribution in [2.45, 2.75) is 25.9 Å². The van der Waals surface area contributed by atoms with Crippen LogP contribution in [-0.4, -0.2) is 36.0 Å². The minimum atomic E-state index is -4.24. The van der Waals surface area contributed by atoms with Crippen molar-refractivity contribution in [2.24, 2.45) is 11.3 Å². The van der Waals surface area contributed by atoms with Crippen LogP contribution < -0.4 is 0 Å². The van der Waals surface area contributed by atoms with E-state index in [4.69, 9.17) is 0 Å². The summed E-state index contributed by atoms with van der Waals surface area (Å²) in [6.07, 6.45) is -2.09. The Labute approximate surface area is 134 Å². The minimum absolute atomic E-state index is 0.472. The second kappa shape index (κ2) is 6.08.